The van der Waals surface area contributed by atoms with E-state index >= 15 is 0 Å². The van der Waals surface area contributed by atoms with Crippen LogP contribution in [0.3, 0.4) is 0 Å². The lowest BCUT2D eigenvalue weighted by atomic mass is 10.0. The first kappa shape index (κ1) is 16.6. The van der Waals surface area contributed by atoms with Crippen LogP contribution in [0.4, 0.5) is 0 Å². The highest BCUT2D eigenvalue weighted by molar-refractivity contribution is 6.11. The third kappa shape index (κ3) is 3.19. The average Bonchev–Trinajstić information content (AvgIpc) is 2.65. The summed E-state index contributed by atoms with van der Waals surface area (Å²) in [6.45, 7) is 0. The lowest BCUT2D eigenvalue weighted by molar-refractivity contribution is 0.104. The SMILES string of the molecule is COc1cccc(O)c1C(=O)/C=C/c1ccc(OC)c2ccccc12. The van der Waals surface area contributed by atoms with Crippen LogP contribution in [0.25, 0.3) is 16.8 Å². The van der Waals surface area contributed by atoms with Crippen molar-refractivity contribution in [3.05, 3.63) is 71.8 Å². The number of ether oxygens (including phenoxy) is 2. The number of hydrogen-bond acceptors (Lipinski definition) is 4. The first-order valence-electron chi connectivity index (χ1n) is 7.80. The van der Waals surface area contributed by atoms with E-state index in [1.807, 2.05) is 36.4 Å². The fourth-order valence-electron chi connectivity index (χ4n) is 2.80. The minimum Gasteiger partial charge on any atom is -0.507 e. The number of hydrogen-bond donors (Lipinski definition) is 1. The molecule has 0 aliphatic heterocycles. The number of fused-ring (bicyclic) bond motifs is 1. The molecule has 0 spiro atoms. The summed E-state index contributed by atoms with van der Waals surface area (Å²) in [7, 11) is 3.09. The molecule has 0 aliphatic carbocycles. The van der Waals surface area contributed by atoms with Gasteiger partial charge in [-0.3, -0.25) is 4.79 Å². The van der Waals surface area contributed by atoms with Crippen molar-refractivity contribution in [3.8, 4) is 17.2 Å². The van der Waals surface area contributed by atoms with Gasteiger partial charge in [0.05, 0.1) is 14.2 Å². The highest BCUT2D eigenvalue weighted by atomic mass is 16.5. The standard InChI is InChI=1S/C21H18O4/c1-24-19-13-11-14(15-6-3-4-7-16(15)19)10-12-18(23)21-17(22)8-5-9-20(21)25-2/h3-13,22H,1-2H3/b12-10+. The van der Waals surface area contributed by atoms with Crippen LogP contribution in [0.15, 0.2) is 60.7 Å². The number of benzene rings is 3. The molecule has 0 heterocycles. The van der Waals surface area contributed by atoms with E-state index in [-0.39, 0.29) is 17.1 Å². The predicted octanol–water partition coefficient (Wildman–Crippen LogP) is 4.46. The first-order chi connectivity index (χ1) is 12.2. The molecular weight excluding hydrogens is 316 g/mol. The summed E-state index contributed by atoms with van der Waals surface area (Å²) >= 11 is 0. The van der Waals surface area contributed by atoms with Gasteiger partial charge < -0.3 is 14.6 Å². The van der Waals surface area contributed by atoms with Gasteiger partial charge in [-0.1, -0.05) is 42.5 Å². The van der Waals surface area contributed by atoms with Crippen LogP contribution >= 0.6 is 0 Å². The van der Waals surface area contributed by atoms with Gasteiger partial charge >= 0.3 is 0 Å². The molecular formula is C21H18O4. The molecule has 126 valence electrons. The smallest absolute Gasteiger partial charge is 0.193 e. The van der Waals surface area contributed by atoms with Gasteiger partial charge in [-0.05, 0) is 35.2 Å². The van der Waals surface area contributed by atoms with E-state index in [4.69, 9.17) is 9.47 Å². The molecule has 1 N–H and O–H groups in total. The molecule has 0 radical (unpaired) electrons. The molecule has 0 saturated heterocycles. The van der Waals surface area contributed by atoms with Crippen molar-refractivity contribution < 1.29 is 19.4 Å². The number of phenols is 1. The van der Waals surface area contributed by atoms with Gasteiger partial charge in [0.25, 0.3) is 0 Å². The summed E-state index contributed by atoms with van der Waals surface area (Å²) < 4.78 is 10.6. The van der Waals surface area contributed by atoms with Crippen molar-refractivity contribution in [3.63, 3.8) is 0 Å². The zero-order valence-electron chi connectivity index (χ0n) is 14.0. The Morgan fingerprint density at radius 3 is 2.32 bits per heavy atom. The lowest BCUT2D eigenvalue weighted by Crippen LogP contribution is -1.99. The molecule has 0 saturated carbocycles. The number of ketones is 1. The van der Waals surface area contributed by atoms with Crippen molar-refractivity contribution in [2.75, 3.05) is 14.2 Å². The van der Waals surface area contributed by atoms with Crippen LogP contribution in [0.5, 0.6) is 17.2 Å². The molecule has 3 aromatic carbocycles. The van der Waals surface area contributed by atoms with Gasteiger partial charge in [0.1, 0.15) is 22.8 Å². The molecule has 0 aromatic heterocycles. The van der Waals surface area contributed by atoms with Gasteiger partial charge in [-0.2, -0.15) is 0 Å². The zero-order chi connectivity index (χ0) is 17.8. The third-order valence-electron chi connectivity index (χ3n) is 4.02. The Morgan fingerprint density at radius 1 is 0.880 bits per heavy atom. The second-order valence-corrected chi connectivity index (χ2v) is 5.45. The van der Waals surface area contributed by atoms with E-state index in [1.54, 1.807) is 25.3 Å². The molecule has 0 aliphatic rings. The van der Waals surface area contributed by atoms with Crippen LogP contribution in [0, 0.1) is 0 Å². The first-order valence-corrected chi connectivity index (χ1v) is 7.80. The Balaban J connectivity index is 2.01. The molecule has 0 fully saturated rings. The molecule has 4 heteroatoms. The zero-order valence-corrected chi connectivity index (χ0v) is 14.0. The number of carbonyl (C=O) groups excluding carboxylic acids is 1. The number of phenolic OH excluding ortho intramolecular Hbond substituents is 1. The quantitative estimate of drug-likeness (QED) is 0.553. The number of methoxy groups -OCH3 is 2. The van der Waals surface area contributed by atoms with Crippen molar-refractivity contribution in [2.24, 2.45) is 0 Å². The Kier molecular flexibility index (Phi) is 4.70. The maximum absolute atomic E-state index is 12.5. The Bertz CT molecular complexity index is 957. The fraction of sp³-hybridized carbons (Fsp3) is 0.0952. The number of aromatic hydroxyl groups is 1. The Hall–Kier alpha value is -3.27. The van der Waals surface area contributed by atoms with Crippen molar-refractivity contribution in [2.45, 2.75) is 0 Å². The summed E-state index contributed by atoms with van der Waals surface area (Å²) in [4.78, 5) is 12.5. The van der Waals surface area contributed by atoms with Crippen LogP contribution in [0.1, 0.15) is 15.9 Å². The maximum atomic E-state index is 12.5. The summed E-state index contributed by atoms with van der Waals surface area (Å²) in [5.41, 5.74) is 1.04. The van der Waals surface area contributed by atoms with Crippen molar-refractivity contribution in [1.29, 1.82) is 0 Å². The van der Waals surface area contributed by atoms with Crippen molar-refractivity contribution >= 4 is 22.6 Å². The summed E-state index contributed by atoms with van der Waals surface area (Å²) in [5, 5.41) is 11.9. The van der Waals surface area contributed by atoms with Gasteiger partial charge in [0.15, 0.2) is 5.78 Å². The third-order valence-corrected chi connectivity index (χ3v) is 4.02. The second-order valence-electron chi connectivity index (χ2n) is 5.45. The Morgan fingerprint density at radius 2 is 1.60 bits per heavy atom. The highest BCUT2D eigenvalue weighted by Gasteiger charge is 2.14. The normalized spacial score (nSPS) is 11.0. The Labute approximate surface area is 145 Å². The minimum absolute atomic E-state index is 0.103. The monoisotopic (exact) mass is 334 g/mol. The molecule has 25 heavy (non-hydrogen) atoms. The maximum Gasteiger partial charge on any atom is 0.193 e. The number of allylic oxidation sites excluding steroid dienone is 1. The van der Waals surface area contributed by atoms with E-state index in [1.165, 1.54) is 19.3 Å². The van der Waals surface area contributed by atoms with Gasteiger partial charge in [-0.25, -0.2) is 0 Å². The molecule has 4 nitrogen and oxygen atoms in total. The highest BCUT2D eigenvalue weighted by Crippen LogP contribution is 2.30. The van der Waals surface area contributed by atoms with Crippen LogP contribution in [-0.2, 0) is 0 Å². The van der Waals surface area contributed by atoms with Crippen LogP contribution in [0.2, 0.25) is 0 Å². The van der Waals surface area contributed by atoms with E-state index < -0.39 is 0 Å². The van der Waals surface area contributed by atoms with Gasteiger partial charge in [0, 0.05) is 5.39 Å². The molecule has 3 rings (SSSR count). The van der Waals surface area contributed by atoms with Gasteiger partial charge in [-0.15, -0.1) is 0 Å². The summed E-state index contributed by atoms with van der Waals surface area (Å²) in [6, 6.07) is 16.3. The fourth-order valence-corrected chi connectivity index (χ4v) is 2.80. The second kappa shape index (κ2) is 7.09. The predicted molar refractivity (Wildman–Crippen MR) is 98.5 cm³/mol. The van der Waals surface area contributed by atoms with Crippen molar-refractivity contribution in [1.82, 2.24) is 0 Å². The topological polar surface area (TPSA) is 55.8 Å². The number of rotatable bonds is 5. The largest absolute Gasteiger partial charge is 0.507 e. The van der Waals surface area contributed by atoms with E-state index in [0.29, 0.717) is 5.75 Å². The van der Waals surface area contributed by atoms with E-state index in [2.05, 4.69) is 0 Å². The van der Waals surface area contributed by atoms with Gasteiger partial charge in [0.2, 0.25) is 0 Å². The minimum atomic E-state index is -0.324. The van der Waals surface area contributed by atoms with Crippen LogP contribution in [-0.4, -0.2) is 25.1 Å². The molecule has 0 atom stereocenters. The molecule has 0 amide bonds. The van der Waals surface area contributed by atoms with Crippen LogP contribution < -0.4 is 9.47 Å². The summed E-state index contributed by atoms with van der Waals surface area (Å²) in [6.07, 6.45) is 3.17. The molecule has 0 bridgehead atoms. The number of carbonyl (C=O) groups is 1. The van der Waals surface area contributed by atoms with E-state index in [0.717, 1.165) is 22.1 Å². The molecule has 0 unspecified atom stereocenters. The summed E-state index contributed by atoms with van der Waals surface area (Å²) in [5.74, 6) is 0.694. The lowest BCUT2D eigenvalue weighted by Gasteiger charge is -2.09. The molecule has 3 aromatic rings. The van der Waals surface area contributed by atoms with E-state index in [9.17, 15) is 9.90 Å². The average molecular weight is 334 g/mol.